The van der Waals surface area contributed by atoms with Crippen LogP contribution in [-0.4, -0.2) is 71.2 Å². The van der Waals surface area contributed by atoms with Crippen LogP contribution >= 0.6 is 0 Å². The smallest absolute Gasteiger partial charge is 0.319 e. The van der Waals surface area contributed by atoms with E-state index >= 15 is 0 Å². The molecule has 1 saturated heterocycles. The molecule has 0 aromatic carbocycles. The van der Waals surface area contributed by atoms with Gasteiger partial charge in [0.15, 0.2) is 0 Å². The number of carbonyl (C=O) groups is 2. The number of aliphatic hydroxyl groups is 1. The van der Waals surface area contributed by atoms with Crippen LogP contribution in [0.4, 0.5) is 0 Å². The lowest BCUT2D eigenvalue weighted by atomic mass is 9.67. The molecule has 2 rings (SSSR count). The van der Waals surface area contributed by atoms with Gasteiger partial charge < -0.3 is 20.0 Å². The highest BCUT2D eigenvalue weighted by molar-refractivity contribution is 6.03. The number of β-amino-alcohol motifs (C(OH)–C–C–N with tert-alkyl or cyclic N) is 1. The minimum absolute atomic E-state index is 0.0886. The predicted octanol–water partition coefficient (Wildman–Crippen LogP) is -0.235. The number of likely N-dealkylation sites (N-methyl/N-ethyl adjacent to an activating group) is 1. The summed E-state index contributed by atoms with van der Waals surface area (Å²) < 4.78 is 0. The fraction of sp³-hybridized carbons (Fsp3) is 0.846. The lowest BCUT2D eigenvalue weighted by Gasteiger charge is -2.40. The number of likely N-dealkylation sites (tertiary alicyclic amines) is 1. The highest BCUT2D eigenvalue weighted by atomic mass is 16.4. The molecule has 2 fully saturated rings. The van der Waals surface area contributed by atoms with Gasteiger partial charge in [0.05, 0.1) is 6.10 Å². The van der Waals surface area contributed by atoms with Crippen molar-refractivity contribution in [3.8, 4) is 0 Å². The van der Waals surface area contributed by atoms with E-state index < -0.39 is 17.5 Å². The van der Waals surface area contributed by atoms with Gasteiger partial charge in [-0.1, -0.05) is 6.42 Å². The van der Waals surface area contributed by atoms with Crippen LogP contribution in [0.3, 0.4) is 0 Å². The van der Waals surface area contributed by atoms with Gasteiger partial charge in [-0.15, -0.1) is 0 Å². The highest BCUT2D eigenvalue weighted by Gasteiger charge is 2.55. The van der Waals surface area contributed by atoms with Crippen molar-refractivity contribution in [3.63, 3.8) is 0 Å². The number of hydrogen-bond acceptors (Lipinski definition) is 4. The zero-order valence-corrected chi connectivity index (χ0v) is 11.5. The normalized spacial score (nSPS) is 29.4. The summed E-state index contributed by atoms with van der Waals surface area (Å²) in [4.78, 5) is 27.5. The molecule has 0 aromatic heterocycles. The minimum Gasteiger partial charge on any atom is -0.480 e. The Labute approximate surface area is 113 Å². The second kappa shape index (κ2) is 5.09. The largest absolute Gasteiger partial charge is 0.480 e. The summed E-state index contributed by atoms with van der Waals surface area (Å²) >= 11 is 0. The Balaban J connectivity index is 2.14. The van der Waals surface area contributed by atoms with Crippen LogP contribution < -0.4 is 0 Å². The minimum atomic E-state index is -1.23. The lowest BCUT2D eigenvalue weighted by Crippen LogP contribution is -2.55. The molecule has 2 unspecified atom stereocenters. The number of aliphatic carboxylic acids is 1. The molecule has 2 N–H and O–H groups in total. The van der Waals surface area contributed by atoms with E-state index in [1.807, 2.05) is 19.0 Å². The summed E-state index contributed by atoms with van der Waals surface area (Å²) in [5, 5.41) is 19.1. The number of carbonyl (C=O) groups excluding carboxylic acids is 1. The fourth-order valence-corrected chi connectivity index (χ4v) is 3.06. The van der Waals surface area contributed by atoms with Gasteiger partial charge in [-0.25, -0.2) is 0 Å². The maximum Gasteiger partial charge on any atom is 0.319 e. The molecule has 2 aliphatic rings. The molecule has 108 valence electrons. The predicted molar refractivity (Wildman–Crippen MR) is 68.6 cm³/mol. The second-order valence-corrected chi connectivity index (χ2v) is 6.00. The van der Waals surface area contributed by atoms with Gasteiger partial charge in [-0.05, 0) is 33.4 Å². The first-order valence-electron chi connectivity index (χ1n) is 6.74. The Morgan fingerprint density at radius 2 is 2.00 bits per heavy atom. The molecule has 1 heterocycles. The molecular formula is C13H22N2O4. The van der Waals surface area contributed by atoms with Crippen LogP contribution in [0.5, 0.6) is 0 Å². The quantitative estimate of drug-likeness (QED) is 0.689. The zero-order chi connectivity index (χ0) is 14.2. The first-order chi connectivity index (χ1) is 8.86. The van der Waals surface area contributed by atoms with E-state index in [4.69, 9.17) is 0 Å². The molecule has 19 heavy (non-hydrogen) atoms. The van der Waals surface area contributed by atoms with Crippen molar-refractivity contribution in [1.29, 1.82) is 0 Å². The van der Waals surface area contributed by atoms with E-state index in [1.54, 1.807) is 4.90 Å². The summed E-state index contributed by atoms with van der Waals surface area (Å²) in [5.41, 5.74) is -1.23. The third kappa shape index (κ3) is 2.47. The van der Waals surface area contributed by atoms with Gasteiger partial charge in [0.25, 0.3) is 0 Å². The Kier molecular flexibility index (Phi) is 3.82. The molecule has 2 atom stereocenters. The van der Waals surface area contributed by atoms with Gasteiger partial charge in [0.1, 0.15) is 5.41 Å². The average Bonchev–Trinajstić information content (AvgIpc) is 2.55. The summed E-state index contributed by atoms with van der Waals surface area (Å²) in [6, 6.07) is -0.0886. The van der Waals surface area contributed by atoms with Crippen molar-refractivity contribution in [2.75, 3.05) is 27.2 Å². The SMILES string of the molecule is CN(C)CC1CC(O)CN1C(=O)C1(C(=O)O)CCC1. The van der Waals surface area contributed by atoms with Crippen molar-refractivity contribution in [2.24, 2.45) is 5.41 Å². The van der Waals surface area contributed by atoms with Gasteiger partial charge in [-0.3, -0.25) is 9.59 Å². The van der Waals surface area contributed by atoms with Gasteiger partial charge >= 0.3 is 5.97 Å². The molecule has 6 nitrogen and oxygen atoms in total. The van der Waals surface area contributed by atoms with Crippen LogP contribution in [0, 0.1) is 5.41 Å². The molecule has 0 spiro atoms. The van der Waals surface area contributed by atoms with E-state index in [0.29, 0.717) is 25.8 Å². The molecule has 1 saturated carbocycles. The molecule has 1 aliphatic carbocycles. The van der Waals surface area contributed by atoms with E-state index in [9.17, 15) is 19.8 Å². The monoisotopic (exact) mass is 270 g/mol. The first kappa shape index (κ1) is 14.3. The molecule has 6 heteroatoms. The van der Waals surface area contributed by atoms with Gasteiger partial charge in [0.2, 0.25) is 5.91 Å². The molecule has 1 aliphatic heterocycles. The van der Waals surface area contributed by atoms with E-state index in [-0.39, 0.29) is 18.5 Å². The molecule has 0 bridgehead atoms. The van der Waals surface area contributed by atoms with Crippen molar-refractivity contribution in [1.82, 2.24) is 9.80 Å². The van der Waals surface area contributed by atoms with Crippen molar-refractivity contribution < 1.29 is 19.8 Å². The van der Waals surface area contributed by atoms with Crippen LogP contribution in [0.25, 0.3) is 0 Å². The van der Waals surface area contributed by atoms with E-state index in [0.717, 1.165) is 6.42 Å². The molecule has 0 radical (unpaired) electrons. The third-order valence-corrected chi connectivity index (χ3v) is 4.26. The second-order valence-electron chi connectivity index (χ2n) is 6.00. The van der Waals surface area contributed by atoms with Crippen LogP contribution in [0.15, 0.2) is 0 Å². The first-order valence-corrected chi connectivity index (χ1v) is 6.74. The van der Waals surface area contributed by atoms with Crippen molar-refractivity contribution >= 4 is 11.9 Å². The lowest BCUT2D eigenvalue weighted by molar-refractivity contribution is -0.168. The number of amides is 1. The van der Waals surface area contributed by atoms with Crippen LogP contribution in [-0.2, 0) is 9.59 Å². The highest BCUT2D eigenvalue weighted by Crippen LogP contribution is 2.44. The van der Waals surface area contributed by atoms with Crippen LogP contribution in [0.2, 0.25) is 0 Å². The molecular weight excluding hydrogens is 248 g/mol. The maximum atomic E-state index is 12.5. The number of carboxylic acids is 1. The van der Waals surface area contributed by atoms with E-state index in [1.165, 1.54) is 0 Å². The Hall–Kier alpha value is -1.14. The average molecular weight is 270 g/mol. The number of rotatable bonds is 4. The topological polar surface area (TPSA) is 81.1 Å². The molecule has 1 amide bonds. The third-order valence-electron chi connectivity index (χ3n) is 4.26. The standard InChI is InChI=1S/C13H22N2O4/c1-14(2)7-9-6-10(16)8-15(9)11(17)13(12(18)19)4-3-5-13/h9-10,16H,3-8H2,1-2H3,(H,18,19). The summed E-state index contributed by atoms with van der Waals surface area (Å²) in [6.45, 7) is 0.908. The van der Waals surface area contributed by atoms with E-state index in [2.05, 4.69) is 0 Å². The Morgan fingerprint density at radius 3 is 2.42 bits per heavy atom. The van der Waals surface area contributed by atoms with Crippen molar-refractivity contribution in [2.45, 2.75) is 37.8 Å². The number of nitrogens with zero attached hydrogens (tertiary/aromatic N) is 2. The summed E-state index contributed by atoms with van der Waals surface area (Å²) in [7, 11) is 3.81. The van der Waals surface area contributed by atoms with Crippen LogP contribution in [0.1, 0.15) is 25.7 Å². The fourth-order valence-electron chi connectivity index (χ4n) is 3.06. The number of hydrogen-bond donors (Lipinski definition) is 2. The summed E-state index contributed by atoms with van der Waals surface area (Å²) in [5.74, 6) is -1.33. The maximum absolute atomic E-state index is 12.5. The Morgan fingerprint density at radius 1 is 1.37 bits per heavy atom. The van der Waals surface area contributed by atoms with Gasteiger partial charge in [-0.2, -0.15) is 0 Å². The van der Waals surface area contributed by atoms with Gasteiger partial charge in [0, 0.05) is 19.1 Å². The van der Waals surface area contributed by atoms with Crippen molar-refractivity contribution in [3.05, 3.63) is 0 Å². The zero-order valence-electron chi connectivity index (χ0n) is 11.5. The Bertz CT molecular complexity index is 379. The number of carboxylic acid groups (broad SMARTS) is 1. The number of aliphatic hydroxyl groups excluding tert-OH is 1. The summed E-state index contributed by atoms with van der Waals surface area (Å²) in [6.07, 6.45) is 1.61. The molecule has 0 aromatic rings.